The van der Waals surface area contributed by atoms with E-state index >= 15 is 0 Å². The quantitative estimate of drug-likeness (QED) is 0.808. The monoisotopic (exact) mass is 221 g/mol. The average Bonchev–Trinajstić information content (AvgIpc) is 2.64. The number of aryl methyl sites for hydroxylation is 1. The van der Waals surface area contributed by atoms with Gasteiger partial charge in [-0.25, -0.2) is 4.39 Å². The molecule has 0 bridgehead atoms. The first-order valence-corrected chi connectivity index (χ1v) is 6.06. The summed E-state index contributed by atoms with van der Waals surface area (Å²) in [5.74, 6) is 1.03. The van der Waals surface area contributed by atoms with Gasteiger partial charge in [-0.05, 0) is 55.8 Å². The zero-order valence-electron chi connectivity index (χ0n) is 10.3. The molecule has 0 heterocycles. The van der Waals surface area contributed by atoms with Gasteiger partial charge in [-0.2, -0.15) is 0 Å². The Morgan fingerprint density at radius 2 is 2.06 bits per heavy atom. The van der Waals surface area contributed by atoms with Crippen molar-refractivity contribution in [2.45, 2.75) is 38.6 Å². The molecule has 0 saturated heterocycles. The van der Waals surface area contributed by atoms with Gasteiger partial charge in [0, 0.05) is 6.04 Å². The van der Waals surface area contributed by atoms with Gasteiger partial charge in [-0.1, -0.05) is 19.1 Å². The average molecular weight is 221 g/mol. The van der Waals surface area contributed by atoms with E-state index in [-0.39, 0.29) is 5.82 Å². The lowest BCUT2D eigenvalue weighted by molar-refractivity contribution is 0.428. The second-order valence-electron chi connectivity index (χ2n) is 4.95. The Bertz CT molecular complexity index is 375. The lowest BCUT2D eigenvalue weighted by Gasteiger charge is -2.20. The normalized spacial score (nSPS) is 29.6. The molecule has 1 aliphatic carbocycles. The van der Waals surface area contributed by atoms with Crippen LogP contribution < -0.4 is 5.32 Å². The standard InChI is InChI=1S/C14H20FN/c1-9-4-5-11(8-13(9)15)12-6-7-14(16-3)10(12)2/h4-5,8,10,12,14,16H,6-7H2,1-3H3. The van der Waals surface area contributed by atoms with E-state index in [9.17, 15) is 4.39 Å². The third-order valence-corrected chi connectivity index (χ3v) is 4.05. The topological polar surface area (TPSA) is 12.0 Å². The molecule has 1 aromatic carbocycles. The molecular formula is C14H20FN. The van der Waals surface area contributed by atoms with E-state index in [1.54, 1.807) is 6.07 Å². The number of nitrogens with one attached hydrogen (secondary N) is 1. The van der Waals surface area contributed by atoms with E-state index in [0.29, 0.717) is 17.9 Å². The minimum Gasteiger partial charge on any atom is -0.317 e. The predicted molar refractivity (Wildman–Crippen MR) is 65.1 cm³/mol. The molecule has 0 aromatic heterocycles. The van der Waals surface area contributed by atoms with Crippen molar-refractivity contribution in [3.8, 4) is 0 Å². The van der Waals surface area contributed by atoms with E-state index in [2.05, 4.69) is 18.3 Å². The van der Waals surface area contributed by atoms with Crippen LogP contribution in [0.4, 0.5) is 4.39 Å². The molecule has 3 atom stereocenters. The van der Waals surface area contributed by atoms with Gasteiger partial charge < -0.3 is 5.32 Å². The fourth-order valence-corrected chi connectivity index (χ4v) is 2.88. The van der Waals surface area contributed by atoms with Crippen LogP contribution in [0.15, 0.2) is 18.2 Å². The molecule has 2 rings (SSSR count). The van der Waals surface area contributed by atoms with Crippen molar-refractivity contribution in [2.75, 3.05) is 7.05 Å². The van der Waals surface area contributed by atoms with Crippen LogP contribution in [0.1, 0.15) is 36.8 Å². The van der Waals surface area contributed by atoms with Crippen molar-refractivity contribution in [1.29, 1.82) is 0 Å². The SMILES string of the molecule is CNC1CCC(c2ccc(C)c(F)c2)C1C. The number of halogens is 1. The van der Waals surface area contributed by atoms with Crippen molar-refractivity contribution in [2.24, 2.45) is 5.92 Å². The minimum atomic E-state index is -0.0717. The summed E-state index contributed by atoms with van der Waals surface area (Å²) in [4.78, 5) is 0. The van der Waals surface area contributed by atoms with E-state index in [1.807, 2.05) is 20.0 Å². The van der Waals surface area contributed by atoms with Crippen LogP contribution in [0.2, 0.25) is 0 Å². The third kappa shape index (κ3) is 1.99. The first-order chi connectivity index (χ1) is 7.63. The summed E-state index contributed by atoms with van der Waals surface area (Å²) in [5, 5.41) is 3.35. The number of hydrogen-bond acceptors (Lipinski definition) is 1. The summed E-state index contributed by atoms with van der Waals surface area (Å²) in [6, 6.07) is 6.27. The fraction of sp³-hybridized carbons (Fsp3) is 0.571. The highest BCUT2D eigenvalue weighted by Crippen LogP contribution is 2.39. The van der Waals surface area contributed by atoms with Crippen LogP contribution in [-0.4, -0.2) is 13.1 Å². The van der Waals surface area contributed by atoms with Crippen molar-refractivity contribution >= 4 is 0 Å². The highest BCUT2D eigenvalue weighted by molar-refractivity contribution is 5.27. The van der Waals surface area contributed by atoms with Gasteiger partial charge in [0.2, 0.25) is 0 Å². The molecule has 1 N–H and O–H groups in total. The second kappa shape index (κ2) is 4.54. The fourth-order valence-electron chi connectivity index (χ4n) is 2.88. The van der Waals surface area contributed by atoms with Crippen molar-refractivity contribution < 1.29 is 4.39 Å². The maximum absolute atomic E-state index is 13.5. The van der Waals surface area contributed by atoms with Crippen molar-refractivity contribution in [1.82, 2.24) is 5.32 Å². The Morgan fingerprint density at radius 1 is 1.31 bits per heavy atom. The highest BCUT2D eigenvalue weighted by Gasteiger charge is 2.32. The molecule has 1 saturated carbocycles. The molecule has 1 aliphatic rings. The molecule has 16 heavy (non-hydrogen) atoms. The van der Waals surface area contributed by atoms with E-state index < -0.39 is 0 Å². The number of rotatable bonds is 2. The van der Waals surface area contributed by atoms with Crippen LogP contribution in [0.3, 0.4) is 0 Å². The molecule has 1 fully saturated rings. The Kier molecular flexibility index (Phi) is 3.29. The predicted octanol–water partition coefficient (Wildman–Crippen LogP) is 3.24. The second-order valence-corrected chi connectivity index (χ2v) is 4.95. The van der Waals surface area contributed by atoms with Gasteiger partial charge in [-0.15, -0.1) is 0 Å². The van der Waals surface area contributed by atoms with Gasteiger partial charge >= 0.3 is 0 Å². The molecule has 2 heteroatoms. The zero-order chi connectivity index (χ0) is 11.7. The molecule has 88 valence electrons. The first-order valence-electron chi connectivity index (χ1n) is 6.06. The van der Waals surface area contributed by atoms with Gasteiger partial charge in [0.15, 0.2) is 0 Å². The highest BCUT2D eigenvalue weighted by atomic mass is 19.1. The Labute approximate surface area is 97.1 Å². The molecule has 1 nitrogen and oxygen atoms in total. The number of benzene rings is 1. The van der Waals surface area contributed by atoms with Gasteiger partial charge in [0.25, 0.3) is 0 Å². The van der Waals surface area contributed by atoms with Gasteiger partial charge in [0.1, 0.15) is 5.82 Å². The maximum atomic E-state index is 13.5. The molecule has 0 radical (unpaired) electrons. The zero-order valence-corrected chi connectivity index (χ0v) is 10.3. The molecule has 3 unspecified atom stereocenters. The molecule has 1 aromatic rings. The van der Waals surface area contributed by atoms with Crippen LogP contribution >= 0.6 is 0 Å². The molecule has 0 amide bonds. The Hall–Kier alpha value is -0.890. The summed E-state index contributed by atoms with van der Waals surface area (Å²) >= 11 is 0. The number of hydrogen-bond donors (Lipinski definition) is 1. The maximum Gasteiger partial charge on any atom is 0.126 e. The Balaban J connectivity index is 2.22. The van der Waals surface area contributed by atoms with E-state index in [0.717, 1.165) is 17.5 Å². The van der Waals surface area contributed by atoms with E-state index in [1.165, 1.54) is 6.42 Å². The van der Waals surface area contributed by atoms with Crippen LogP contribution in [0.25, 0.3) is 0 Å². The first kappa shape index (κ1) is 11.6. The van der Waals surface area contributed by atoms with Crippen LogP contribution in [0.5, 0.6) is 0 Å². The van der Waals surface area contributed by atoms with Crippen LogP contribution in [-0.2, 0) is 0 Å². The van der Waals surface area contributed by atoms with Crippen molar-refractivity contribution in [3.63, 3.8) is 0 Å². The lowest BCUT2D eigenvalue weighted by Crippen LogP contribution is -2.28. The van der Waals surface area contributed by atoms with Crippen molar-refractivity contribution in [3.05, 3.63) is 35.1 Å². The summed E-state index contributed by atoms with van der Waals surface area (Å²) < 4.78 is 13.5. The summed E-state index contributed by atoms with van der Waals surface area (Å²) in [5.41, 5.74) is 1.90. The smallest absolute Gasteiger partial charge is 0.126 e. The van der Waals surface area contributed by atoms with E-state index in [4.69, 9.17) is 0 Å². The minimum absolute atomic E-state index is 0.0717. The van der Waals surface area contributed by atoms with Gasteiger partial charge in [-0.3, -0.25) is 0 Å². The molecule has 0 aliphatic heterocycles. The largest absolute Gasteiger partial charge is 0.317 e. The summed E-state index contributed by atoms with van der Waals surface area (Å²) in [7, 11) is 2.01. The lowest BCUT2D eigenvalue weighted by atomic mass is 9.88. The Morgan fingerprint density at radius 3 is 2.62 bits per heavy atom. The van der Waals surface area contributed by atoms with Gasteiger partial charge in [0.05, 0.1) is 0 Å². The van der Waals surface area contributed by atoms with Crippen LogP contribution in [0, 0.1) is 18.7 Å². The summed E-state index contributed by atoms with van der Waals surface area (Å²) in [6.07, 6.45) is 2.35. The molecular weight excluding hydrogens is 201 g/mol. The summed E-state index contributed by atoms with van der Waals surface area (Å²) in [6.45, 7) is 4.07. The molecule has 0 spiro atoms. The third-order valence-electron chi connectivity index (χ3n) is 4.05.